The maximum Gasteiger partial charge on any atom is 0.190 e. The number of nitrogens with zero attached hydrogens (tertiary/aromatic N) is 1. The van der Waals surface area contributed by atoms with Gasteiger partial charge in [0.2, 0.25) is 0 Å². The second-order valence-electron chi connectivity index (χ2n) is 11.2. The van der Waals surface area contributed by atoms with Crippen LogP contribution in [0.5, 0.6) is 11.5 Å². The second kappa shape index (κ2) is 12.4. The maximum absolute atomic E-state index is 12.7. The van der Waals surface area contributed by atoms with Crippen molar-refractivity contribution in [1.29, 1.82) is 0 Å². The summed E-state index contributed by atoms with van der Waals surface area (Å²) in [6.07, 6.45) is 4.49. The topological polar surface area (TPSA) is 78.6 Å². The van der Waals surface area contributed by atoms with Crippen LogP contribution in [0.2, 0.25) is 0 Å². The largest absolute Gasteiger partial charge is 0.493 e. The molecular weight excluding hydrogens is 498 g/mol. The number of ether oxygens (including phenoxy) is 2. The van der Waals surface area contributed by atoms with Crippen LogP contribution < -0.4 is 9.47 Å². The summed E-state index contributed by atoms with van der Waals surface area (Å²) >= 11 is 1.15. The lowest BCUT2D eigenvalue weighted by molar-refractivity contribution is -0.126. The van der Waals surface area contributed by atoms with Gasteiger partial charge in [-0.3, -0.25) is 9.59 Å². The number of ketones is 1. The van der Waals surface area contributed by atoms with E-state index in [0.29, 0.717) is 26.1 Å². The molecule has 2 heterocycles. The van der Waals surface area contributed by atoms with E-state index in [1.54, 1.807) is 0 Å². The third-order valence-electron chi connectivity index (χ3n) is 6.79. The summed E-state index contributed by atoms with van der Waals surface area (Å²) in [5.41, 5.74) is 3.90. The molecule has 0 N–H and O–H groups in total. The fourth-order valence-corrected chi connectivity index (χ4v) is 6.01. The van der Waals surface area contributed by atoms with Crippen LogP contribution in [0.15, 0.2) is 40.9 Å². The Morgan fingerprint density at radius 1 is 1.03 bits per heavy atom. The molecule has 2 aromatic carbocycles. The van der Waals surface area contributed by atoms with Gasteiger partial charge in [-0.05, 0) is 54.5 Å². The summed E-state index contributed by atoms with van der Waals surface area (Å²) in [5.74, 6) is 1.57. The third-order valence-corrected chi connectivity index (χ3v) is 7.96. The zero-order valence-electron chi connectivity index (χ0n) is 23.2. The van der Waals surface area contributed by atoms with E-state index in [0.717, 1.165) is 76.7 Å². The van der Waals surface area contributed by atoms with E-state index in [1.165, 1.54) is 0 Å². The van der Waals surface area contributed by atoms with E-state index < -0.39 is 5.25 Å². The number of Topliss-reactive ketones (excluding diaryl/α,β-unsaturated/α-hetero) is 1. The number of hydrogen-bond donors (Lipinski definition) is 0. The fraction of sp³-hybridized carbons (Fsp3) is 0.516. The Balaban J connectivity index is 1.31. The third kappa shape index (κ3) is 6.79. The van der Waals surface area contributed by atoms with E-state index in [2.05, 4.69) is 38.9 Å². The highest BCUT2D eigenvalue weighted by molar-refractivity contribution is 8.14. The van der Waals surface area contributed by atoms with Crippen molar-refractivity contribution < 1.29 is 23.6 Å². The number of carbonyl (C=O) groups excluding carboxylic acids is 2. The number of aryl methyl sites for hydroxylation is 1. The molecule has 1 aliphatic heterocycles. The van der Waals surface area contributed by atoms with E-state index in [-0.39, 0.29) is 22.2 Å². The molecule has 6 nitrogen and oxygen atoms in total. The number of rotatable bonds is 11. The molecule has 0 saturated carbocycles. The predicted octanol–water partition coefficient (Wildman–Crippen LogP) is 7.52. The first-order chi connectivity index (χ1) is 18.2. The highest BCUT2D eigenvalue weighted by Crippen LogP contribution is 2.40. The average molecular weight is 538 g/mol. The molecule has 0 spiro atoms. The van der Waals surface area contributed by atoms with Crippen LogP contribution in [-0.2, 0) is 22.4 Å². The van der Waals surface area contributed by atoms with Gasteiger partial charge in [0, 0.05) is 29.7 Å². The first-order valence-electron chi connectivity index (χ1n) is 13.7. The van der Waals surface area contributed by atoms with Crippen LogP contribution >= 0.6 is 11.8 Å². The minimum atomic E-state index is -0.410. The lowest BCUT2D eigenvalue weighted by Crippen LogP contribution is -2.27. The highest BCUT2D eigenvalue weighted by Gasteiger charge is 2.36. The molecule has 1 saturated heterocycles. The first-order valence-corrected chi connectivity index (χ1v) is 14.6. The highest BCUT2D eigenvalue weighted by atomic mass is 32.2. The minimum Gasteiger partial charge on any atom is -0.493 e. The quantitative estimate of drug-likeness (QED) is 0.234. The van der Waals surface area contributed by atoms with Gasteiger partial charge in [-0.1, -0.05) is 70.1 Å². The summed E-state index contributed by atoms with van der Waals surface area (Å²) in [4.78, 5) is 24.8. The number of fused-ring (bicyclic) bond motifs is 1. The summed E-state index contributed by atoms with van der Waals surface area (Å²) in [5, 5.41) is 5.13. The van der Waals surface area contributed by atoms with Crippen molar-refractivity contribution in [2.24, 2.45) is 11.3 Å². The van der Waals surface area contributed by atoms with E-state index in [9.17, 15) is 9.59 Å². The van der Waals surface area contributed by atoms with Gasteiger partial charge < -0.3 is 14.0 Å². The zero-order valence-corrected chi connectivity index (χ0v) is 24.0. The summed E-state index contributed by atoms with van der Waals surface area (Å²) in [6.45, 7) is 11.8. The van der Waals surface area contributed by atoms with Crippen LogP contribution in [0.1, 0.15) is 82.4 Å². The molecule has 0 bridgehead atoms. The molecule has 2 unspecified atom stereocenters. The second-order valence-corrected chi connectivity index (χ2v) is 12.4. The predicted molar refractivity (Wildman–Crippen MR) is 152 cm³/mol. The van der Waals surface area contributed by atoms with Crippen molar-refractivity contribution in [3.8, 4) is 11.5 Å². The Kier molecular flexibility index (Phi) is 9.19. The molecule has 0 radical (unpaired) electrons. The SMILES string of the molecule is CCCc1c(OCCCOc2ccc(C3SC(=O)CC(CC)C3=O)cc2)ccc2c(CC(C)(C)C)noc12. The average Bonchev–Trinajstić information content (AvgIpc) is 3.28. The van der Waals surface area contributed by atoms with Crippen molar-refractivity contribution in [2.45, 2.75) is 78.4 Å². The molecule has 1 aliphatic rings. The number of carbonyl (C=O) groups is 2. The minimum absolute atomic E-state index is 0.0941. The molecule has 38 heavy (non-hydrogen) atoms. The standard InChI is InChI=1S/C31H39NO5S/c1-6-9-24-26(15-14-23-25(19-31(3,4)5)32-37-29(23)24)36-17-8-16-35-22-12-10-21(11-13-22)30-28(34)20(7-2)18-27(33)38-30/h10-15,20,30H,6-9,16-19H2,1-5H3. The van der Waals surface area contributed by atoms with Crippen molar-refractivity contribution in [3.05, 3.63) is 53.2 Å². The summed E-state index contributed by atoms with van der Waals surface area (Å²) < 4.78 is 17.8. The maximum atomic E-state index is 12.7. The summed E-state index contributed by atoms with van der Waals surface area (Å²) in [7, 11) is 0. The number of benzene rings is 2. The van der Waals surface area contributed by atoms with E-state index in [1.807, 2.05) is 37.3 Å². The number of aromatic nitrogens is 1. The molecule has 4 rings (SSSR count). The van der Waals surface area contributed by atoms with Crippen molar-refractivity contribution in [3.63, 3.8) is 0 Å². The molecule has 0 aliphatic carbocycles. The molecule has 1 fully saturated rings. The lowest BCUT2D eigenvalue weighted by atomic mass is 9.89. The monoisotopic (exact) mass is 537 g/mol. The Morgan fingerprint density at radius 3 is 2.45 bits per heavy atom. The van der Waals surface area contributed by atoms with Gasteiger partial charge >= 0.3 is 0 Å². The fourth-order valence-electron chi connectivity index (χ4n) is 4.84. The Labute approximate surface area is 229 Å². The van der Waals surface area contributed by atoms with Crippen LogP contribution in [0.4, 0.5) is 0 Å². The molecule has 1 aromatic heterocycles. The molecule has 7 heteroatoms. The van der Waals surface area contributed by atoms with Crippen LogP contribution in [0.25, 0.3) is 11.0 Å². The number of thioether (sulfide) groups is 1. The zero-order chi connectivity index (χ0) is 27.3. The molecule has 0 amide bonds. The summed E-state index contributed by atoms with van der Waals surface area (Å²) in [6, 6.07) is 11.6. The van der Waals surface area contributed by atoms with E-state index in [4.69, 9.17) is 14.0 Å². The van der Waals surface area contributed by atoms with Crippen LogP contribution in [0, 0.1) is 11.3 Å². The Bertz CT molecular complexity index is 1260. The van der Waals surface area contributed by atoms with Gasteiger partial charge in [-0.2, -0.15) is 0 Å². The van der Waals surface area contributed by atoms with Crippen molar-refractivity contribution in [1.82, 2.24) is 5.16 Å². The molecule has 3 aromatic rings. The van der Waals surface area contributed by atoms with E-state index >= 15 is 0 Å². The molecular formula is C31H39NO5S. The number of hydrogen-bond acceptors (Lipinski definition) is 7. The lowest BCUT2D eigenvalue weighted by Gasteiger charge is -2.25. The van der Waals surface area contributed by atoms with Gasteiger partial charge in [0.15, 0.2) is 16.5 Å². The van der Waals surface area contributed by atoms with Gasteiger partial charge in [0.25, 0.3) is 0 Å². The van der Waals surface area contributed by atoms with Gasteiger partial charge in [-0.15, -0.1) is 0 Å². The smallest absolute Gasteiger partial charge is 0.190 e. The Morgan fingerprint density at radius 2 is 1.76 bits per heavy atom. The normalized spacial score (nSPS) is 18.2. The van der Waals surface area contributed by atoms with Gasteiger partial charge in [0.05, 0.1) is 24.2 Å². The van der Waals surface area contributed by atoms with Gasteiger partial charge in [0.1, 0.15) is 11.5 Å². The Hall–Kier alpha value is -2.80. The van der Waals surface area contributed by atoms with Crippen molar-refractivity contribution in [2.75, 3.05) is 13.2 Å². The van der Waals surface area contributed by atoms with Gasteiger partial charge in [-0.25, -0.2) is 0 Å². The first kappa shape index (κ1) is 28.2. The molecule has 204 valence electrons. The van der Waals surface area contributed by atoms with Crippen LogP contribution in [-0.4, -0.2) is 29.3 Å². The van der Waals surface area contributed by atoms with Crippen molar-refractivity contribution >= 4 is 33.6 Å². The molecule has 2 atom stereocenters. The van der Waals surface area contributed by atoms with Crippen LogP contribution in [0.3, 0.4) is 0 Å².